The maximum atomic E-state index is 5.52. The summed E-state index contributed by atoms with van der Waals surface area (Å²) in [6.45, 7) is 3.50. The molecule has 0 spiro atoms. The van der Waals surface area contributed by atoms with E-state index in [4.69, 9.17) is 4.74 Å². The molecular formula is C12H17NO. The number of ether oxygens (including phenoxy) is 1. The van der Waals surface area contributed by atoms with Crippen molar-refractivity contribution in [2.75, 3.05) is 13.7 Å². The van der Waals surface area contributed by atoms with E-state index in [1.807, 2.05) is 38.3 Å². The van der Waals surface area contributed by atoms with Crippen LogP contribution in [0.1, 0.15) is 12.5 Å². The van der Waals surface area contributed by atoms with Gasteiger partial charge in [-0.05, 0) is 31.7 Å². The van der Waals surface area contributed by atoms with Crippen LogP contribution in [0.2, 0.25) is 0 Å². The first kappa shape index (κ1) is 10.8. The average Bonchev–Trinajstić information content (AvgIpc) is 2.19. The number of hydrogen-bond acceptors (Lipinski definition) is 2. The molecule has 0 heterocycles. The Balaban J connectivity index is 2.54. The van der Waals surface area contributed by atoms with E-state index in [2.05, 4.69) is 17.4 Å². The number of hydrogen-bond donors (Lipinski definition) is 1. The van der Waals surface area contributed by atoms with E-state index in [9.17, 15) is 0 Å². The first-order valence-electron chi connectivity index (χ1n) is 4.84. The molecule has 0 bridgehead atoms. The van der Waals surface area contributed by atoms with Crippen LogP contribution in [0.5, 0.6) is 5.75 Å². The van der Waals surface area contributed by atoms with Crippen molar-refractivity contribution < 1.29 is 4.74 Å². The Morgan fingerprint density at radius 2 is 2.29 bits per heavy atom. The van der Waals surface area contributed by atoms with Crippen molar-refractivity contribution in [3.8, 4) is 5.75 Å². The second-order valence-corrected chi connectivity index (χ2v) is 3.06. The molecule has 1 aromatic rings. The summed E-state index contributed by atoms with van der Waals surface area (Å²) in [5.74, 6) is 0.927. The van der Waals surface area contributed by atoms with Gasteiger partial charge in [0.05, 0.1) is 0 Å². The molecule has 0 aliphatic heterocycles. The van der Waals surface area contributed by atoms with Gasteiger partial charge in [0.25, 0.3) is 0 Å². The van der Waals surface area contributed by atoms with Crippen molar-refractivity contribution in [2.24, 2.45) is 0 Å². The van der Waals surface area contributed by atoms with Crippen molar-refractivity contribution in [3.63, 3.8) is 0 Å². The van der Waals surface area contributed by atoms with Crippen LogP contribution in [0, 0.1) is 0 Å². The van der Waals surface area contributed by atoms with Gasteiger partial charge in [-0.2, -0.15) is 0 Å². The van der Waals surface area contributed by atoms with Gasteiger partial charge >= 0.3 is 0 Å². The molecule has 0 aliphatic rings. The topological polar surface area (TPSA) is 21.3 Å². The van der Waals surface area contributed by atoms with Crippen LogP contribution in [0.15, 0.2) is 36.4 Å². The second-order valence-electron chi connectivity index (χ2n) is 3.06. The Morgan fingerprint density at radius 3 is 3.00 bits per heavy atom. The van der Waals surface area contributed by atoms with Crippen LogP contribution < -0.4 is 10.1 Å². The standard InChI is InChI=1S/C12H17NO/c1-3-4-8-14-12-7-5-6-11(9-12)10-13-2/h3-7,9,13H,8,10H2,1-2H3/b4-3+. The predicted octanol–water partition coefficient (Wildman–Crippen LogP) is 2.36. The van der Waals surface area contributed by atoms with Gasteiger partial charge < -0.3 is 10.1 Å². The fourth-order valence-electron chi connectivity index (χ4n) is 1.19. The maximum absolute atomic E-state index is 5.52. The molecule has 0 atom stereocenters. The van der Waals surface area contributed by atoms with Gasteiger partial charge in [0.2, 0.25) is 0 Å². The Bertz CT molecular complexity index is 294. The highest BCUT2D eigenvalue weighted by atomic mass is 16.5. The molecule has 0 aromatic heterocycles. The molecule has 14 heavy (non-hydrogen) atoms. The van der Waals surface area contributed by atoms with E-state index >= 15 is 0 Å². The summed E-state index contributed by atoms with van der Waals surface area (Å²) in [6, 6.07) is 8.12. The third kappa shape index (κ3) is 3.62. The monoisotopic (exact) mass is 191 g/mol. The van der Waals surface area contributed by atoms with Gasteiger partial charge in [-0.1, -0.05) is 24.3 Å². The smallest absolute Gasteiger partial charge is 0.120 e. The van der Waals surface area contributed by atoms with Crippen molar-refractivity contribution in [1.29, 1.82) is 0 Å². The third-order valence-corrected chi connectivity index (χ3v) is 1.86. The largest absolute Gasteiger partial charge is 0.490 e. The van der Waals surface area contributed by atoms with E-state index in [1.54, 1.807) is 0 Å². The number of benzene rings is 1. The van der Waals surface area contributed by atoms with Crippen molar-refractivity contribution in [2.45, 2.75) is 13.5 Å². The van der Waals surface area contributed by atoms with E-state index in [-0.39, 0.29) is 0 Å². The average molecular weight is 191 g/mol. The zero-order valence-corrected chi connectivity index (χ0v) is 8.79. The molecule has 0 radical (unpaired) electrons. The van der Waals surface area contributed by atoms with E-state index in [0.717, 1.165) is 12.3 Å². The SMILES string of the molecule is C/C=C/COc1cccc(CNC)c1. The van der Waals surface area contributed by atoms with Crippen LogP contribution in [-0.4, -0.2) is 13.7 Å². The van der Waals surface area contributed by atoms with Gasteiger partial charge in [0.15, 0.2) is 0 Å². The Kier molecular flexibility index (Phi) is 4.79. The summed E-state index contributed by atoms with van der Waals surface area (Å²) < 4.78 is 5.52. The minimum absolute atomic E-state index is 0.638. The maximum Gasteiger partial charge on any atom is 0.120 e. The lowest BCUT2D eigenvalue weighted by Crippen LogP contribution is -2.05. The fraction of sp³-hybridized carbons (Fsp3) is 0.333. The summed E-state index contributed by atoms with van der Waals surface area (Å²) in [6.07, 6.45) is 3.97. The van der Waals surface area contributed by atoms with E-state index < -0.39 is 0 Å². The molecule has 1 N–H and O–H groups in total. The van der Waals surface area contributed by atoms with Crippen LogP contribution >= 0.6 is 0 Å². The zero-order valence-electron chi connectivity index (χ0n) is 8.79. The lowest BCUT2D eigenvalue weighted by Gasteiger charge is -2.05. The van der Waals surface area contributed by atoms with Crippen LogP contribution in [0.3, 0.4) is 0 Å². The summed E-state index contributed by atoms with van der Waals surface area (Å²) in [4.78, 5) is 0. The number of allylic oxidation sites excluding steroid dienone is 1. The molecular weight excluding hydrogens is 174 g/mol. The molecule has 0 saturated carbocycles. The minimum Gasteiger partial charge on any atom is -0.490 e. The normalized spacial score (nSPS) is 10.7. The van der Waals surface area contributed by atoms with Crippen LogP contribution in [0.4, 0.5) is 0 Å². The molecule has 2 nitrogen and oxygen atoms in total. The highest BCUT2D eigenvalue weighted by Crippen LogP contribution is 2.12. The summed E-state index contributed by atoms with van der Waals surface area (Å²) in [5.41, 5.74) is 1.24. The zero-order chi connectivity index (χ0) is 10.2. The van der Waals surface area contributed by atoms with Gasteiger partial charge in [-0.3, -0.25) is 0 Å². The molecule has 76 valence electrons. The van der Waals surface area contributed by atoms with Crippen LogP contribution in [-0.2, 0) is 6.54 Å². The molecule has 0 fully saturated rings. The number of rotatable bonds is 5. The van der Waals surface area contributed by atoms with E-state index in [1.165, 1.54) is 5.56 Å². The van der Waals surface area contributed by atoms with Gasteiger partial charge in [-0.15, -0.1) is 0 Å². The molecule has 0 unspecified atom stereocenters. The molecule has 1 rings (SSSR count). The van der Waals surface area contributed by atoms with E-state index in [0.29, 0.717) is 6.61 Å². The van der Waals surface area contributed by atoms with Crippen LogP contribution in [0.25, 0.3) is 0 Å². The first-order chi connectivity index (χ1) is 6.86. The van der Waals surface area contributed by atoms with Crippen molar-refractivity contribution in [1.82, 2.24) is 5.32 Å². The Labute approximate surface area is 85.6 Å². The molecule has 0 saturated heterocycles. The number of nitrogens with one attached hydrogen (secondary N) is 1. The molecule has 0 aliphatic carbocycles. The molecule has 1 aromatic carbocycles. The summed E-state index contributed by atoms with van der Waals surface area (Å²) in [7, 11) is 1.94. The molecule has 2 heteroatoms. The lowest BCUT2D eigenvalue weighted by atomic mass is 10.2. The van der Waals surface area contributed by atoms with Crippen molar-refractivity contribution >= 4 is 0 Å². The quantitative estimate of drug-likeness (QED) is 0.721. The van der Waals surface area contributed by atoms with Gasteiger partial charge in [0, 0.05) is 6.54 Å². The second kappa shape index (κ2) is 6.22. The predicted molar refractivity (Wildman–Crippen MR) is 59.5 cm³/mol. The third-order valence-electron chi connectivity index (χ3n) is 1.86. The first-order valence-corrected chi connectivity index (χ1v) is 4.84. The Hall–Kier alpha value is -1.28. The summed E-state index contributed by atoms with van der Waals surface area (Å²) in [5, 5.41) is 3.11. The summed E-state index contributed by atoms with van der Waals surface area (Å²) >= 11 is 0. The minimum atomic E-state index is 0.638. The highest BCUT2D eigenvalue weighted by Gasteiger charge is 1.94. The Morgan fingerprint density at radius 1 is 1.43 bits per heavy atom. The fourth-order valence-corrected chi connectivity index (χ4v) is 1.19. The van der Waals surface area contributed by atoms with Crippen molar-refractivity contribution in [3.05, 3.63) is 42.0 Å². The lowest BCUT2D eigenvalue weighted by molar-refractivity contribution is 0.362. The molecule has 0 amide bonds. The highest BCUT2D eigenvalue weighted by molar-refractivity contribution is 5.28. The van der Waals surface area contributed by atoms with Gasteiger partial charge in [-0.25, -0.2) is 0 Å². The van der Waals surface area contributed by atoms with Gasteiger partial charge in [0.1, 0.15) is 12.4 Å².